The zero-order chi connectivity index (χ0) is 15.8. The van der Waals surface area contributed by atoms with E-state index in [2.05, 4.69) is 0 Å². The molecule has 0 unspecified atom stereocenters. The number of carbonyl (C=O) groups excluding carboxylic acids is 1. The summed E-state index contributed by atoms with van der Waals surface area (Å²) in [5, 5.41) is 4.82. The van der Waals surface area contributed by atoms with Gasteiger partial charge in [0.05, 0.1) is 5.56 Å². The molecule has 0 saturated heterocycles. The Kier molecular flexibility index (Phi) is 4.29. The van der Waals surface area contributed by atoms with Crippen LogP contribution in [-0.2, 0) is 10.0 Å². The minimum absolute atomic E-state index is 0.355. The number of nitrogens with zero attached hydrogens (tertiary/aromatic N) is 1. The summed E-state index contributed by atoms with van der Waals surface area (Å²) in [4.78, 5) is 12.4. The van der Waals surface area contributed by atoms with Gasteiger partial charge in [-0.25, -0.2) is 22.3 Å². The lowest BCUT2D eigenvalue weighted by Crippen LogP contribution is -2.35. The molecule has 0 radical (unpaired) electrons. The molecule has 1 aliphatic rings. The van der Waals surface area contributed by atoms with Crippen LogP contribution in [0.4, 0.5) is 8.78 Å². The van der Waals surface area contributed by atoms with Crippen molar-refractivity contribution in [1.29, 1.82) is 0 Å². The van der Waals surface area contributed by atoms with Gasteiger partial charge in [-0.1, -0.05) is 6.42 Å². The van der Waals surface area contributed by atoms with Crippen molar-refractivity contribution in [2.75, 3.05) is 13.6 Å². The molecule has 0 atom stereocenters. The zero-order valence-electron chi connectivity index (χ0n) is 11.5. The van der Waals surface area contributed by atoms with Crippen molar-refractivity contribution in [3.8, 4) is 0 Å². The van der Waals surface area contributed by atoms with E-state index in [-0.39, 0.29) is 0 Å². The van der Waals surface area contributed by atoms with Gasteiger partial charge in [-0.2, -0.15) is 0 Å². The van der Waals surface area contributed by atoms with Crippen LogP contribution in [0.2, 0.25) is 0 Å². The number of hydrogen-bond donors (Lipinski definition) is 1. The number of amides is 1. The molecule has 21 heavy (non-hydrogen) atoms. The van der Waals surface area contributed by atoms with Crippen molar-refractivity contribution in [2.45, 2.75) is 24.2 Å². The highest BCUT2D eigenvalue weighted by Gasteiger charge is 2.27. The molecule has 1 amide bonds. The van der Waals surface area contributed by atoms with E-state index in [0.717, 1.165) is 19.3 Å². The smallest absolute Gasteiger partial charge is 0.256 e. The Morgan fingerprint density at radius 3 is 2.48 bits per heavy atom. The summed E-state index contributed by atoms with van der Waals surface area (Å²) >= 11 is 0. The first-order chi connectivity index (χ1) is 9.70. The average molecular weight is 318 g/mol. The summed E-state index contributed by atoms with van der Waals surface area (Å²) < 4.78 is 50.0. The van der Waals surface area contributed by atoms with Crippen LogP contribution in [-0.4, -0.2) is 32.8 Å². The van der Waals surface area contributed by atoms with Gasteiger partial charge in [0, 0.05) is 13.6 Å². The molecule has 1 aromatic rings. The van der Waals surface area contributed by atoms with Crippen molar-refractivity contribution in [3.05, 3.63) is 29.3 Å². The number of halogens is 2. The number of carbonyl (C=O) groups is 1. The average Bonchev–Trinajstić information content (AvgIpc) is 2.33. The Bertz CT molecular complexity index is 672. The predicted octanol–water partition coefficient (Wildman–Crippen LogP) is 1.48. The fourth-order valence-corrected chi connectivity index (χ4v) is 2.91. The molecular formula is C13H16F2N2O3S. The second-order valence-electron chi connectivity index (χ2n) is 5.29. The maximum atomic E-state index is 14.1. The Morgan fingerprint density at radius 2 is 2.00 bits per heavy atom. The van der Waals surface area contributed by atoms with Crippen molar-refractivity contribution < 1.29 is 22.0 Å². The lowest BCUT2D eigenvalue weighted by atomic mass is 9.85. The van der Waals surface area contributed by atoms with Gasteiger partial charge in [-0.05, 0) is 30.9 Å². The number of nitrogens with two attached hydrogens (primary N) is 1. The molecule has 0 aliphatic heterocycles. The van der Waals surface area contributed by atoms with Crippen LogP contribution >= 0.6 is 0 Å². The molecule has 1 fully saturated rings. The van der Waals surface area contributed by atoms with E-state index >= 15 is 0 Å². The van der Waals surface area contributed by atoms with Gasteiger partial charge >= 0.3 is 0 Å². The molecule has 8 heteroatoms. The normalized spacial score (nSPS) is 15.6. The first-order valence-electron chi connectivity index (χ1n) is 6.47. The summed E-state index contributed by atoms with van der Waals surface area (Å²) in [5.74, 6) is -2.75. The quantitative estimate of drug-likeness (QED) is 0.913. The van der Waals surface area contributed by atoms with Gasteiger partial charge in [-0.15, -0.1) is 0 Å². The summed E-state index contributed by atoms with van der Waals surface area (Å²) in [6.45, 7) is 0.430. The Hall–Kier alpha value is -1.54. The summed E-state index contributed by atoms with van der Waals surface area (Å²) in [5.41, 5.74) is -0.624. The number of rotatable bonds is 4. The SMILES string of the molecule is CN(CC1CCC1)C(=O)c1cc(F)cc(S(N)(=O)=O)c1F. The van der Waals surface area contributed by atoms with Gasteiger partial charge in [0.15, 0.2) is 5.82 Å². The number of hydrogen-bond acceptors (Lipinski definition) is 3. The van der Waals surface area contributed by atoms with Gasteiger partial charge < -0.3 is 4.90 Å². The second-order valence-corrected chi connectivity index (χ2v) is 6.82. The summed E-state index contributed by atoms with van der Waals surface area (Å²) in [7, 11) is -2.97. The maximum absolute atomic E-state index is 14.1. The van der Waals surface area contributed by atoms with Crippen molar-refractivity contribution in [2.24, 2.45) is 11.1 Å². The molecule has 5 nitrogen and oxygen atoms in total. The molecule has 0 bridgehead atoms. The Labute approximate surface area is 121 Å². The van der Waals surface area contributed by atoms with E-state index in [4.69, 9.17) is 5.14 Å². The van der Waals surface area contributed by atoms with E-state index in [1.807, 2.05) is 0 Å². The number of primary sulfonamides is 1. The molecular weight excluding hydrogens is 302 g/mol. The molecule has 2 N–H and O–H groups in total. The standard InChI is InChI=1S/C13H16F2N2O3S/c1-17(7-8-3-2-4-8)13(18)10-5-9(14)6-11(12(10)15)21(16,19)20/h5-6,8H,2-4,7H2,1H3,(H2,16,19,20). The van der Waals surface area contributed by atoms with Gasteiger partial charge in [0.25, 0.3) is 5.91 Å². The lowest BCUT2D eigenvalue weighted by Gasteiger charge is -2.30. The largest absolute Gasteiger partial charge is 0.341 e. The fourth-order valence-electron chi connectivity index (χ4n) is 2.28. The van der Waals surface area contributed by atoms with Crippen molar-refractivity contribution in [3.63, 3.8) is 0 Å². The van der Waals surface area contributed by atoms with Crippen LogP contribution in [0, 0.1) is 17.6 Å². The Morgan fingerprint density at radius 1 is 1.38 bits per heavy atom. The minimum atomic E-state index is -4.44. The van der Waals surface area contributed by atoms with Gasteiger partial charge in [-0.3, -0.25) is 4.79 Å². The first-order valence-corrected chi connectivity index (χ1v) is 8.02. The monoisotopic (exact) mass is 318 g/mol. The number of sulfonamides is 1. The topological polar surface area (TPSA) is 80.5 Å². The van der Waals surface area contributed by atoms with E-state index in [1.54, 1.807) is 0 Å². The first kappa shape index (κ1) is 15.8. The molecule has 116 valence electrons. The van der Waals surface area contributed by atoms with Crippen LogP contribution < -0.4 is 5.14 Å². The molecule has 2 rings (SSSR count). The number of benzene rings is 1. The van der Waals surface area contributed by atoms with Crippen LogP contribution in [0.3, 0.4) is 0 Å². The zero-order valence-corrected chi connectivity index (χ0v) is 12.3. The van der Waals surface area contributed by atoms with Crippen LogP contribution in [0.15, 0.2) is 17.0 Å². The molecule has 0 spiro atoms. The highest BCUT2D eigenvalue weighted by atomic mass is 32.2. The third-order valence-electron chi connectivity index (χ3n) is 3.64. The minimum Gasteiger partial charge on any atom is -0.341 e. The van der Waals surface area contributed by atoms with E-state index < -0.39 is 38.0 Å². The van der Waals surface area contributed by atoms with Crippen molar-refractivity contribution >= 4 is 15.9 Å². The summed E-state index contributed by atoms with van der Waals surface area (Å²) in [6.07, 6.45) is 3.08. The molecule has 1 aliphatic carbocycles. The molecule has 0 heterocycles. The molecule has 0 aromatic heterocycles. The Balaban J connectivity index is 2.34. The van der Waals surface area contributed by atoms with E-state index in [9.17, 15) is 22.0 Å². The van der Waals surface area contributed by atoms with Gasteiger partial charge in [0.2, 0.25) is 10.0 Å². The van der Waals surface area contributed by atoms with E-state index in [1.165, 1.54) is 11.9 Å². The van der Waals surface area contributed by atoms with Crippen LogP contribution in [0.5, 0.6) is 0 Å². The third kappa shape index (κ3) is 3.38. The lowest BCUT2D eigenvalue weighted by molar-refractivity contribution is 0.0739. The van der Waals surface area contributed by atoms with Crippen molar-refractivity contribution in [1.82, 2.24) is 4.90 Å². The fraction of sp³-hybridized carbons (Fsp3) is 0.462. The highest BCUT2D eigenvalue weighted by molar-refractivity contribution is 7.89. The summed E-state index contributed by atoms with van der Waals surface area (Å²) in [6, 6.07) is 1.15. The second kappa shape index (κ2) is 5.69. The van der Waals surface area contributed by atoms with E-state index in [0.29, 0.717) is 24.6 Å². The predicted molar refractivity (Wildman–Crippen MR) is 72.0 cm³/mol. The van der Waals surface area contributed by atoms with Crippen LogP contribution in [0.25, 0.3) is 0 Å². The van der Waals surface area contributed by atoms with Crippen LogP contribution in [0.1, 0.15) is 29.6 Å². The molecule has 1 saturated carbocycles. The molecule has 1 aromatic carbocycles. The maximum Gasteiger partial charge on any atom is 0.256 e. The highest BCUT2D eigenvalue weighted by Crippen LogP contribution is 2.27. The third-order valence-corrected chi connectivity index (χ3v) is 4.55. The van der Waals surface area contributed by atoms with Gasteiger partial charge in [0.1, 0.15) is 10.7 Å².